The van der Waals surface area contributed by atoms with Crippen LogP contribution in [0.1, 0.15) is 24.8 Å². The smallest absolute Gasteiger partial charge is 0.262 e. The van der Waals surface area contributed by atoms with Gasteiger partial charge in [-0.15, -0.1) is 0 Å². The molecule has 1 aliphatic heterocycles. The van der Waals surface area contributed by atoms with Crippen LogP contribution in [0, 0.1) is 0 Å². The van der Waals surface area contributed by atoms with Crippen LogP contribution in [0.4, 0.5) is 0 Å². The first-order chi connectivity index (χ1) is 13.0. The van der Waals surface area contributed by atoms with Crippen molar-refractivity contribution in [3.8, 4) is 5.75 Å². The van der Waals surface area contributed by atoms with Gasteiger partial charge < -0.3 is 14.6 Å². The van der Waals surface area contributed by atoms with Crippen molar-refractivity contribution in [3.63, 3.8) is 0 Å². The molecule has 8 nitrogen and oxygen atoms in total. The lowest BCUT2D eigenvalue weighted by Gasteiger charge is -2.24. The summed E-state index contributed by atoms with van der Waals surface area (Å²) in [5.74, 6) is 0.468. The van der Waals surface area contributed by atoms with E-state index in [9.17, 15) is 13.2 Å². The summed E-state index contributed by atoms with van der Waals surface area (Å²) in [6.45, 7) is 1.37. The standard InChI is InChI=1S/C18H24N4O4S/c1-26-16-8-4-3-7-15(16)11-19-17(23)12-21-13-18(20-14-21)27(24,25)22-9-5-2-6-10-22/h3-4,7-8,13-14H,2,5-6,9-12H2,1H3,(H,19,23). The molecule has 3 rings (SSSR count). The van der Waals surface area contributed by atoms with Gasteiger partial charge in [0.25, 0.3) is 10.0 Å². The summed E-state index contributed by atoms with van der Waals surface area (Å²) in [6, 6.07) is 7.44. The van der Waals surface area contributed by atoms with Gasteiger partial charge in [0.15, 0.2) is 5.03 Å². The third-order valence-corrected chi connectivity index (χ3v) is 6.31. The molecular weight excluding hydrogens is 368 g/mol. The van der Waals surface area contributed by atoms with Crippen LogP contribution in [0.3, 0.4) is 0 Å². The molecule has 0 radical (unpaired) electrons. The molecule has 0 bridgehead atoms. The number of piperidine rings is 1. The van der Waals surface area contributed by atoms with E-state index in [1.54, 1.807) is 7.11 Å². The summed E-state index contributed by atoms with van der Waals surface area (Å²) in [6.07, 6.45) is 5.57. The maximum absolute atomic E-state index is 12.6. The Bertz CT molecular complexity index is 888. The molecule has 1 amide bonds. The van der Waals surface area contributed by atoms with Gasteiger partial charge in [0, 0.05) is 31.4 Å². The van der Waals surface area contributed by atoms with Gasteiger partial charge in [0.05, 0.1) is 13.4 Å². The predicted octanol–water partition coefficient (Wildman–Crippen LogP) is 1.38. The quantitative estimate of drug-likeness (QED) is 0.768. The normalized spacial score (nSPS) is 15.4. The number of benzene rings is 1. The van der Waals surface area contributed by atoms with Crippen LogP contribution in [0.2, 0.25) is 0 Å². The molecule has 0 atom stereocenters. The number of ether oxygens (including phenoxy) is 1. The third kappa shape index (κ3) is 4.67. The molecule has 1 aliphatic rings. The number of imidazole rings is 1. The average molecular weight is 392 g/mol. The zero-order valence-electron chi connectivity index (χ0n) is 15.3. The average Bonchev–Trinajstić information content (AvgIpc) is 3.16. The minimum atomic E-state index is -3.59. The number of methoxy groups -OCH3 is 1. The highest BCUT2D eigenvalue weighted by atomic mass is 32.2. The molecule has 2 aromatic rings. The van der Waals surface area contributed by atoms with Crippen LogP contribution in [0.15, 0.2) is 41.8 Å². The van der Waals surface area contributed by atoms with E-state index < -0.39 is 10.0 Å². The number of nitrogens with zero attached hydrogens (tertiary/aromatic N) is 3. The second-order valence-corrected chi connectivity index (χ2v) is 8.32. The van der Waals surface area contributed by atoms with Crippen molar-refractivity contribution in [3.05, 3.63) is 42.4 Å². The molecule has 0 unspecified atom stereocenters. The topological polar surface area (TPSA) is 93.5 Å². The Morgan fingerprint density at radius 1 is 1.22 bits per heavy atom. The molecule has 1 N–H and O–H groups in total. The first kappa shape index (κ1) is 19.4. The van der Waals surface area contributed by atoms with Gasteiger partial charge in [-0.3, -0.25) is 4.79 Å². The van der Waals surface area contributed by atoms with E-state index in [4.69, 9.17) is 4.74 Å². The van der Waals surface area contributed by atoms with E-state index in [0.29, 0.717) is 25.4 Å². The molecule has 1 aromatic heterocycles. The van der Waals surface area contributed by atoms with Crippen LogP contribution >= 0.6 is 0 Å². The Labute approximate surface area is 159 Å². The maximum Gasteiger partial charge on any atom is 0.262 e. The molecule has 9 heteroatoms. The van der Waals surface area contributed by atoms with Gasteiger partial charge in [0.2, 0.25) is 5.91 Å². The highest BCUT2D eigenvalue weighted by molar-refractivity contribution is 7.89. The lowest BCUT2D eigenvalue weighted by Crippen LogP contribution is -2.35. The van der Waals surface area contributed by atoms with Crippen molar-refractivity contribution in [2.75, 3.05) is 20.2 Å². The van der Waals surface area contributed by atoms with Crippen molar-refractivity contribution in [2.45, 2.75) is 37.4 Å². The lowest BCUT2D eigenvalue weighted by atomic mass is 10.2. The van der Waals surface area contributed by atoms with E-state index in [0.717, 1.165) is 24.8 Å². The van der Waals surface area contributed by atoms with Crippen molar-refractivity contribution in [1.82, 2.24) is 19.2 Å². The van der Waals surface area contributed by atoms with Crippen LogP contribution in [0.25, 0.3) is 0 Å². The first-order valence-electron chi connectivity index (χ1n) is 8.91. The summed E-state index contributed by atoms with van der Waals surface area (Å²) >= 11 is 0. The van der Waals surface area contributed by atoms with Crippen molar-refractivity contribution >= 4 is 15.9 Å². The zero-order valence-corrected chi connectivity index (χ0v) is 16.1. The fourth-order valence-electron chi connectivity index (χ4n) is 3.06. The van der Waals surface area contributed by atoms with Crippen molar-refractivity contribution in [1.29, 1.82) is 0 Å². The molecule has 1 aromatic carbocycles. The number of carbonyl (C=O) groups is 1. The number of aromatic nitrogens is 2. The van der Waals surface area contributed by atoms with Gasteiger partial charge in [-0.1, -0.05) is 24.6 Å². The van der Waals surface area contributed by atoms with E-state index in [2.05, 4.69) is 10.3 Å². The number of para-hydroxylation sites is 1. The van der Waals surface area contributed by atoms with Crippen LogP contribution in [0.5, 0.6) is 5.75 Å². The number of carbonyl (C=O) groups excluding carboxylic acids is 1. The Morgan fingerprint density at radius 2 is 1.96 bits per heavy atom. The van der Waals surface area contributed by atoms with Crippen molar-refractivity contribution < 1.29 is 17.9 Å². The Balaban J connectivity index is 1.59. The fraction of sp³-hybridized carbons (Fsp3) is 0.444. The summed E-state index contributed by atoms with van der Waals surface area (Å²) in [4.78, 5) is 16.2. The van der Waals surface area contributed by atoms with E-state index >= 15 is 0 Å². The zero-order chi connectivity index (χ0) is 19.3. The maximum atomic E-state index is 12.6. The molecule has 0 spiro atoms. The van der Waals surface area contributed by atoms with Crippen LogP contribution in [-0.4, -0.2) is 48.4 Å². The molecule has 27 heavy (non-hydrogen) atoms. The lowest BCUT2D eigenvalue weighted by molar-refractivity contribution is -0.121. The van der Waals surface area contributed by atoms with Gasteiger partial charge >= 0.3 is 0 Å². The predicted molar refractivity (Wildman–Crippen MR) is 99.7 cm³/mol. The first-order valence-corrected chi connectivity index (χ1v) is 10.4. The third-order valence-electron chi connectivity index (χ3n) is 4.52. The van der Waals surface area contributed by atoms with E-state index in [1.807, 2.05) is 24.3 Å². The van der Waals surface area contributed by atoms with Gasteiger partial charge in [-0.25, -0.2) is 13.4 Å². The Kier molecular flexibility index (Phi) is 6.12. The van der Waals surface area contributed by atoms with Crippen LogP contribution < -0.4 is 10.1 Å². The summed E-state index contributed by atoms with van der Waals surface area (Å²) in [5.41, 5.74) is 0.868. The molecule has 1 fully saturated rings. The molecule has 146 valence electrons. The summed E-state index contributed by atoms with van der Waals surface area (Å²) in [5, 5.41) is 2.79. The van der Waals surface area contributed by atoms with E-state index in [1.165, 1.54) is 21.4 Å². The molecule has 1 saturated heterocycles. The second-order valence-electron chi connectivity index (χ2n) is 6.44. The monoisotopic (exact) mass is 392 g/mol. The van der Waals surface area contributed by atoms with E-state index in [-0.39, 0.29) is 17.5 Å². The molecule has 0 aliphatic carbocycles. The second kappa shape index (κ2) is 8.53. The SMILES string of the molecule is COc1ccccc1CNC(=O)Cn1cnc(S(=O)(=O)N2CCCCC2)c1. The number of rotatable bonds is 7. The Hall–Kier alpha value is -2.39. The number of amides is 1. The number of sulfonamides is 1. The molecule has 2 heterocycles. The highest BCUT2D eigenvalue weighted by Gasteiger charge is 2.28. The van der Waals surface area contributed by atoms with Crippen LogP contribution in [-0.2, 0) is 27.9 Å². The van der Waals surface area contributed by atoms with Gasteiger partial charge in [-0.2, -0.15) is 4.31 Å². The number of nitrogens with one attached hydrogen (secondary N) is 1. The summed E-state index contributed by atoms with van der Waals surface area (Å²) in [7, 11) is -2.01. The van der Waals surface area contributed by atoms with Gasteiger partial charge in [-0.05, 0) is 18.9 Å². The van der Waals surface area contributed by atoms with Gasteiger partial charge in [0.1, 0.15) is 12.3 Å². The molecular formula is C18H24N4O4S. The number of hydrogen-bond donors (Lipinski definition) is 1. The minimum Gasteiger partial charge on any atom is -0.496 e. The minimum absolute atomic E-state index is 0.00231. The van der Waals surface area contributed by atoms with Crippen molar-refractivity contribution in [2.24, 2.45) is 0 Å². The number of hydrogen-bond acceptors (Lipinski definition) is 5. The largest absolute Gasteiger partial charge is 0.496 e. The fourth-order valence-corrected chi connectivity index (χ4v) is 4.51. The highest BCUT2D eigenvalue weighted by Crippen LogP contribution is 2.19. The summed E-state index contributed by atoms with van der Waals surface area (Å²) < 4.78 is 33.4. The molecule has 0 saturated carbocycles. The Morgan fingerprint density at radius 3 is 2.70 bits per heavy atom.